The van der Waals surface area contributed by atoms with Crippen LogP contribution in [0.5, 0.6) is 0 Å². The van der Waals surface area contributed by atoms with Crippen molar-refractivity contribution in [2.24, 2.45) is 0 Å². The maximum Gasteiger partial charge on any atom is 0.304 e. The highest BCUT2D eigenvalue weighted by Gasteiger charge is 2.28. The molecule has 0 amide bonds. The summed E-state index contributed by atoms with van der Waals surface area (Å²) in [6.07, 6.45) is 6.32. The summed E-state index contributed by atoms with van der Waals surface area (Å²) in [5.74, 6) is -0.253. The molecule has 1 aromatic rings. The van der Waals surface area contributed by atoms with Crippen LogP contribution in [-0.4, -0.2) is 61.4 Å². The molecule has 0 atom stereocenters. The molecular weight excluding hydrogens is 388 g/mol. The maximum absolute atomic E-state index is 12.9. The van der Waals surface area contributed by atoms with E-state index in [2.05, 4.69) is 0 Å². The minimum absolute atomic E-state index is 0. The molecule has 0 bridgehead atoms. The number of benzene rings is 1. The molecular formula is C19H29ClN2O4S. The highest BCUT2D eigenvalue weighted by atomic mass is 35.5. The average molecular weight is 417 g/mol. The van der Waals surface area contributed by atoms with Crippen molar-refractivity contribution in [1.82, 2.24) is 9.21 Å². The van der Waals surface area contributed by atoms with Gasteiger partial charge in [0.2, 0.25) is 10.0 Å². The Kier molecular flexibility index (Phi) is 8.09. The van der Waals surface area contributed by atoms with E-state index in [1.165, 1.54) is 42.0 Å². The van der Waals surface area contributed by atoms with Crippen LogP contribution in [0.3, 0.4) is 0 Å². The van der Waals surface area contributed by atoms with Crippen LogP contribution in [0, 0.1) is 0 Å². The Morgan fingerprint density at radius 1 is 1.00 bits per heavy atom. The van der Waals surface area contributed by atoms with Crippen LogP contribution in [0.15, 0.2) is 29.2 Å². The molecule has 1 aliphatic carbocycles. The minimum Gasteiger partial charge on any atom is -0.481 e. The number of halogens is 1. The first-order chi connectivity index (χ1) is 12.5. The monoisotopic (exact) mass is 416 g/mol. The molecule has 0 radical (unpaired) electrons. The highest BCUT2D eigenvalue weighted by Crippen LogP contribution is 2.33. The van der Waals surface area contributed by atoms with E-state index < -0.39 is 16.0 Å². The fourth-order valence-corrected chi connectivity index (χ4v) is 5.37. The van der Waals surface area contributed by atoms with Gasteiger partial charge in [-0.05, 0) is 36.5 Å². The Bertz CT molecular complexity index is 710. The number of carbonyl (C=O) groups is 1. The summed E-state index contributed by atoms with van der Waals surface area (Å²) in [5, 5.41) is 8.76. The maximum atomic E-state index is 12.9. The number of carboxylic acids is 1. The number of hydrogen-bond acceptors (Lipinski definition) is 4. The third-order valence-electron chi connectivity index (χ3n) is 5.57. The third kappa shape index (κ3) is 5.67. The lowest BCUT2D eigenvalue weighted by Crippen LogP contribution is -2.48. The number of nitrogens with zero attached hydrogens (tertiary/aromatic N) is 2. The third-order valence-corrected chi connectivity index (χ3v) is 7.48. The van der Waals surface area contributed by atoms with Crippen LogP contribution in [0.25, 0.3) is 0 Å². The lowest BCUT2D eigenvalue weighted by molar-refractivity contribution is -0.137. The Labute approximate surface area is 168 Å². The number of hydrogen-bond donors (Lipinski definition) is 1. The van der Waals surface area contributed by atoms with Gasteiger partial charge in [0, 0.05) is 32.7 Å². The number of piperazine rings is 1. The summed E-state index contributed by atoms with van der Waals surface area (Å²) >= 11 is 0. The number of rotatable bonds is 6. The number of carboxylic acid groups (broad SMARTS) is 1. The molecule has 8 heteroatoms. The zero-order chi connectivity index (χ0) is 18.6. The predicted octanol–water partition coefficient (Wildman–Crippen LogP) is 2.94. The molecule has 1 heterocycles. The van der Waals surface area contributed by atoms with Crippen LogP contribution >= 0.6 is 12.4 Å². The second-order valence-corrected chi connectivity index (χ2v) is 9.23. The van der Waals surface area contributed by atoms with Gasteiger partial charge in [-0.1, -0.05) is 31.4 Å². The van der Waals surface area contributed by atoms with E-state index in [1.807, 2.05) is 17.0 Å². The molecule has 2 fully saturated rings. The molecule has 2 aliphatic rings. The topological polar surface area (TPSA) is 77.9 Å². The molecule has 0 spiro atoms. The van der Waals surface area contributed by atoms with Crippen LogP contribution in [-0.2, 0) is 14.8 Å². The second kappa shape index (κ2) is 9.87. The Hall–Kier alpha value is -1.15. The van der Waals surface area contributed by atoms with Crippen LogP contribution in [0.1, 0.15) is 50.0 Å². The lowest BCUT2D eigenvalue weighted by Gasteiger charge is -2.33. The van der Waals surface area contributed by atoms with E-state index in [-0.39, 0.29) is 18.8 Å². The van der Waals surface area contributed by atoms with Gasteiger partial charge < -0.3 is 10.0 Å². The van der Waals surface area contributed by atoms with Gasteiger partial charge in [0.25, 0.3) is 0 Å². The van der Waals surface area contributed by atoms with Crippen molar-refractivity contribution in [3.63, 3.8) is 0 Å². The molecule has 0 aromatic heterocycles. The fourth-order valence-electron chi connectivity index (χ4n) is 3.94. The van der Waals surface area contributed by atoms with Gasteiger partial charge in [-0.15, -0.1) is 12.4 Å². The SMILES string of the molecule is Cl.O=C(O)CCN1CCN(S(=O)(=O)c2ccc(C3CCCCC3)cc2)CC1. The van der Waals surface area contributed by atoms with Gasteiger partial charge in [0.05, 0.1) is 11.3 Å². The zero-order valence-electron chi connectivity index (χ0n) is 15.5. The van der Waals surface area contributed by atoms with E-state index >= 15 is 0 Å². The predicted molar refractivity (Wildman–Crippen MR) is 107 cm³/mol. The largest absolute Gasteiger partial charge is 0.481 e. The Morgan fingerprint density at radius 3 is 2.15 bits per heavy atom. The van der Waals surface area contributed by atoms with Crippen LogP contribution in [0.4, 0.5) is 0 Å². The van der Waals surface area contributed by atoms with Gasteiger partial charge in [0.1, 0.15) is 0 Å². The average Bonchev–Trinajstić information content (AvgIpc) is 2.67. The summed E-state index contributed by atoms with van der Waals surface area (Å²) in [7, 11) is -3.47. The van der Waals surface area contributed by atoms with E-state index in [0.717, 1.165) is 0 Å². The molecule has 1 saturated heterocycles. The molecule has 152 valence electrons. The number of aliphatic carboxylic acids is 1. The molecule has 27 heavy (non-hydrogen) atoms. The quantitative estimate of drug-likeness (QED) is 0.771. The Balaban J connectivity index is 0.00000261. The Morgan fingerprint density at radius 2 is 1.59 bits per heavy atom. The zero-order valence-corrected chi connectivity index (χ0v) is 17.2. The van der Waals surface area contributed by atoms with Crippen molar-refractivity contribution in [3.8, 4) is 0 Å². The molecule has 0 unspecified atom stereocenters. The molecule has 6 nitrogen and oxygen atoms in total. The van der Waals surface area contributed by atoms with Crippen molar-refractivity contribution in [3.05, 3.63) is 29.8 Å². The second-order valence-electron chi connectivity index (χ2n) is 7.29. The summed E-state index contributed by atoms with van der Waals surface area (Å²) in [6.45, 7) is 2.44. The van der Waals surface area contributed by atoms with E-state index in [0.29, 0.717) is 43.5 Å². The first-order valence-electron chi connectivity index (χ1n) is 9.51. The van der Waals surface area contributed by atoms with Crippen molar-refractivity contribution in [2.45, 2.75) is 49.3 Å². The first kappa shape index (κ1) is 22.1. The molecule has 3 rings (SSSR count). The van der Waals surface area contributed by atoms with Crippen molar-refractivity contribution >= 4 is 28.4 Å². The molecule has 1 N–H and O–H groups in total. The summed E-state index contributed by atoms with van der Waals surface area (Å²) < 4.78 is 27.2. The standard InChI is InChI=1S/C19H28N2O4S.ClH/c22-19(23)10-11-20-12-14-21(15-13-20)26(24,25)18-8-6-17(7-9-18)16-4-2-1-3-5-16;/h6-9,16H,1-5,10-15H2,(H,22,23);1H. The van der Waals surface area contributed by atoms with Crippen molar-refractivity contribution < 1.29 is 18.3 Å². The first-order valence-corrected chi connectivity index (χ1v) is 10.9. The van der Waals surface area contributed by atoms with Gasteiger partial charge in [0.15, 0.2) is 0 Å². The summed E-state index contributed by atoms with van der Waals surface area (Å²) in [4.78, 5) is 13.0. The van der Waals surface area contributed by atoms with Gasteiger partial charge in [-0.25, -0.2) is 8.42 Å². The van der Waals surface area contributed by atoms with E-state index in [4.69, 9.17) is 5.11 Å². The number of sulfonamides is 1. The van der Waals surface area contributed by atoms with E-state index in [1.54, 1.807) is 12.1 Å². The molecule has 1 saturated carbocycles. The van der Waals surface area contributed by atoms with Crippen molar-refractivity contribution in [1.29, 1.82) is 0 Å². The summed E-state index contributed by atoms with van der Waals surface area (Å²) in [6, 6.07) is 7.45. The van der Waals surface area contributed by atoms with Crippen LogP contribution in [0.2, 0.25) is 0 Å². The fraction of sp³-hybridized carbons (Fsp3) is 0.632. The van der Waals surface area contributed by atoms with Gasteiger partial charge >= 0.3 is 5.97 Å². The lowest BCUT2D eigenvalue weighted by atomic mass is 9.84. The van der Waals surface area contributed by atoms with E-state index in [9.17, 15) is 13.2 Å². The van der Waals surface area contributed by atoms with Crippen LogP contribution < -0.4 is 0 Å². The minimum atomic E-state index is -3.47. The van der Waals surface area contributed by atoms with Crippen molar-refractivity contribution in [2.75, 3.05) is 32.7 Å². The molecule has 1 aromatic carbocycles. The van der Waals surface area contributed by atoms with Gasteiger partial charge in [-0.2, -0.15) is 4.31 Å². The molecule has 1 aliphatic heterocycles. The van der Waals surface area contributed by atoms with Gasteiger partial charge in [-0.3, -0.25) is 4.79 Å². The smallest absolute Gasteiger partial charge is 0.304 e. The summed E-state index contributed by atoms with van der Waals surface area (Å²) in [5.41, 5.74) is 1.25. The highest BCUT2D eigenvalue weighted by molar-refractivity contribution is 7.89. The normalized spacial score (nSPS) is 20.1.